The standard InChI is InChI=1S/C22H20ClN3O4S/c1-28-10-9-26-21(27)18-8-5-15(23)11-19(18)25-22(26)31-13-16-12-30-20(24-16)14-3-6-17(29-2)7-4-14/h3-8,11-12H,9-10,13H2,1-2H3. The van der Waals surface area contributed by atoms with Gasteiger partial charge in [-0.25, -0.2) is 9.97 Å². The number of aromatic nitrogens is 3. The quantitative estimate of drug-likeness (QED) is 0.281. The predicted octanol–water partition coefficient (Wildman–Crippen LogP) is 4.65. The molecule has 0 saturated carbocycles. The molecule has 0 aliphatic rings. The molecule has 2 aromatic carbocycles. The van der Waals surface area contributed by atoms with Crippen molar-refractivity contribution in [2.75, 3.05) is 20.8 Å². The Balaban J connectivity index is 1.59. The highest BCUT2D eigenvalue weighted by Crippen LogP contribution is 2.26. The zero-order valence-electron chi connectivity index (χ0n) is 17.0. The molecule has 4 aromatic rings. The van der Waals surface area contributed by atoms with E-state index in [1.54, 1.807) is 43.2 Å². The van der Waals surface area contributed by atoms with Crippen molar-refractivity contribution in [1.29, 1.82) is 0 Å². The van der Waals surface area contributed by atoms with Gasteiger partial charge in [0, 0.05) is 23.4 Å². The van der Waals surface area contributed by atoms with Crippen LogP contribution in [-0.2, 0) is 17.0 Å². The van der Waals surface area contributed by atoms with E-state index in [0.717, 1.165) is 17.0 Å². The minimum Gasteiger partial charge on any atom is -0.497 e. The average Bonchev–Trinajstić information content (AvgIpc) is 3.26. The van der Waals surface area contributed by atoms with Gasteiger partial charge >= 0.3 is 0 Å². The molecule has 160 valence electrons. The molecule has 0 atom stereocenters. The van der Waals surface area contributed by atoms with Crippen molar-refractivity contribution in [3.05, 3.63) is 69.8 Å². The monoisotopic (exact) mass is 457 g/mol. The summed E-state index contributed by atoms with van der Waals surface area (Å²) in [4.78, 5) is 22.2. The lowest BCUT2D eigenvalue weighted by molar-refractivity contribution is 0.183. The van der Waals surface area contributed by atoms with Crippen LogP contribution in [0.4, 0.5) is 0 Å². The third-order valence-corrected chi connectivity index (χ3v) is 5.88. The highest BCUT2D eigenvalue weighted by Gasteiger charge is 2.14. The van der Waals surface area contributed by atoms with E-state index in [1.807, 2.05) is 24.3 Å². The van der Waals surface area contributed by atoms with Crippen molar-refractivity contribution in [3.8, 4) is 17.2 Å². The van der Waals surface area contributed by atoms with E-state index in [1.165, 1.54) is 11.8 Å². The molecule has 0 N–H and O–H groups in total. The van der Waals surface area contributed by atoms with Crippen LogP contribution >= 0.6 is 23.4 Å². The topological polar surface area (TPSA) is 79.4 Å². The van der Waals surface area contributed by atoms with Crippen molar-refractivity contribution in [2.45, 2.75) is 17.5 Å². The van der Waals surface area contributed by atoms with Crippen molar-refractivity contribution >= 4 is 34.3 Å². The summed E-state index contributed by atoms with van der Waals surface area (Å²) in [5.41, 5.74) is 2.04. The van der Waals surface area contributed by atoms with Crippen molar-refractivity contribution < 1.29 is 13.9 Å². The molecule has 0 spiro atoms. The number of benzene rings is 2. The van der Waals surface area contributed by atoms with E-state index < -0.39 is 0 Å². The van der Waals surface area contributed by atoms with Crippen LogP contribution in [0.2, 0.25) is 5.02 Å². The Labute approximate surface area is 188 Å². The number of ether oxygens (including phenoxy) is 2. The molecule has 9 heteroatoms. The molecule has 0 bridgehead atoms. The lowest BCUT2D eigenvalue weighted by atomic mass is 10.2. The lowest BCUT2D eigenvalue weighted by Crippen LogP contribution is -2.25. The van der Waals surface area contributed by atoms with Crippen LogP contribution < -0.4 is 10.3 Å². The number of thioether (sulfide) groups is 1. The van der Waals surface area contributed by atoms with Crippen molar-refractivity contribution in [1.82, 2.24) is 14.5 Å². The second-order valence-electron chi connectivity index (χ2n) is 6.67. The van der Waals surface area contributed by atoms with Crippen LogP contribution in [-0.4, -0.2) is 35.4 Å². The second kappa shape index (κ2) is 9.55. The highest BCUT2D eigenvalue weighted by molar-refractivity contribution is 7.98. The molecular formula is C22H20ClN3O4S. The molecule has 4 rings (SSSR count). The Kier molecular flexibility index (Phi) is 6.60. The minimum atomic E-state index is -0.125. The van der Waals surface area contributed by atoms with Gasteiger partial charge in [-0.1, -0.05) is 23.4 Å². The van der Waals surface area contributed by atoms with Gasteiger partial charge in [0.05, 0.1) is 36.9 Å². The zero-order chi connectivity index (χ0) is 21.8. The summed E-state index contributed by atoms with van der Waals surface area (Å²) < 4.78 is 17.6. The maximum Gasteiger partial charge on any atom is 0.262 e. The fourth-order valence-electron chi connectivity index (χ4n) is 3.04. The first-order valence-corrected chi connectivity index (χ1v) is 10.9. The maximum atomic E-state index is 13.0. The summed E-state index contributed by atoms with van der Waals surface area (Å²) in [5, 5.41) is 1.63. The molecule has 0 aliphatic heterocycles. The van der Waals surface area contributed by atoms with Gasteiger partial charge in [0.2, 0.25) is 5.89 Å². The van der Waals surface area contributed by atoms with E-state index in [0.29, 0.717) is 45.9 Å². The normalized spacial score (nSPS) is 11.2. The number of halogens is 1. The second-order valence-corrected chi connectivity index (χ2v) is 8.05. The highest BCUT2D eigenvalue weighted by atomic mass is 35.5. The number of rotatable bonds is 8. The first-order valence-electron chi connectivity index (χ1n) is 9.49. The molecule has 31 heavy (non-hydrogen) atoms. The summed E-state index contributed by atoms with van der Waals surface area (Å²) in [6, 6.07) is 12.6. The third kappa shape index (κ3) is 4.76. The third-order valence-electron chi connectivity index (χ3n) is 4.64. The van der Waals surface area contributed by atoms with Gasteiger partial charge in [0.1, 0.15) is 12.0 Å². The zero-order valence-corrected chi connectivity index (χ0v) is 18.6. The summed E-state index contributed by atoms with van der Waals surface area (Å²) in [5.74, 6) is 1.78. The van der Waals surface area contributed by atoms with E-state index in [2.05, 4.69) is 9.97 Å². The molecule has 0 unspecified atom stereocenters. The van der Waals surface area contributed by atoms with Gasteiger partial charge in [-0.15, -0.1) is 0 Å². The maximum absolute atomic E-state index is 13.0. The van der Waals surface area contributed by atoms with Crippen molar-refractivity contribution in [3.63, 3.8) is 0 Å². The Morgan fingerprint density at radius 2 is 1.94 bits per heavy atom. The molecule has 7 nitrogen and oxygen atoms in total. The van der Waals surface area contributed by atoms with E-state index in [9.17, 15) is 4.79 Å². The lowest BCUT2D eigenvalue weighted by Gasteiger charge is -2.12. The Bertz CT molecular complexity index is 1250. The number of nitrogens with zero attached hydrogens (tertiary/aromatic N) is 3. The van der Waals surface area contributed by atoms with E-state index in [4.69, 9.17) is 25.5 Å². The Morgan fingerprint density at radius 1 is 1.13 bits per heavy atom. The van der Waals surface area contributed by atoms with Gasteiger partial charge in [-0.3, -0.25) is 9.36 Å². The van der Waals surface area contributed by atoms with E-state index >= 15 is 0 Å². The molecule has 0 amide bonds. The molecular weight excluding hydrogens is 438 g/mol. The van der Waals surface area contributed by atoms with Crippen LogP contribution in [0.1, 0.15) is 5.69 Å². The molecule has 0 aliphatic carbocycles. The van der Waals surface area contributed by atoms with Crippen LogP contribution in [0.3, 0.4) is 0 Å². The molecule has 2 aromatic heterocycles. The Morgan fingerprint density at radius 3 is 2.68 bits per heavy atom. The largest absolute Gasteiger partial charge is 0.497 e. The summed E-state index contributed by atoms with van der Waals surface area (Å²) >= 11 is 7.50. The molecule has 0 radical (unpaired) electrons. The fourth-order valence-corrected chi connectivity index (χ4v) is 4.11. The first-order chi connectivity index (χ1) is 15.1. The number of methoxy groups -OCH3 is 2. The summed E-state index contributed by atoms with van der Waals surface area (Å²) in [6.07, 6.45) is 1.61. The van der Waals surface area contributed by atoms with Gasteiger partial charge in [0.25, 0.3) is 5.56 Å². The smallest absolute Gasteiger partial charge is 0.262 e. The predicted molar refractivity (Wildman–Crippen MR) is 121 cm³/mol. The van der Waals surface area contributed by atoms with Gasteiger partial charge in [-0.2, -0.15) is 0 Å². The summed E-state index contributed by atoms with van der Waals surface area (Å²) in [7, 11) is 3.22. The van der Waals surface area contributed by atoms with Crippen molar-refractivity contribution in [2.24, 2.45) is 0 Å². The molecule has 0 saturated heterocycles. The van der Waals surface area contributed by atoms with Crippen LogP contribution in [0.5, 0.6) is 5.75 Å². The molecule has 0 fully saturated rings. The first kappa shape index (κ1) is 21.4. The van der Waals surface area contributed by atoms with Gasteiger partial charge in [0.15, 0.2) is 5.16 Å². The number of hydrogen-bond acceptors (Lipinski definition) is 7. The van der Waals surface area contributed by atoms with Crippen LogP contribution in [0.15, 0.2) is 63.1 Å². The van der Waals surface area contributed by atoms with Crippen LogP contribution in [0, 0.1) is 0 Å². The summed E-state index contributed by atoms with van der Waals surface area (Å²) in [6.45, 7) is 0.805. The van der Waals surface area contributed by atoms with Gasteiger partial charge < -0.3 is 13.9 Å². The van der Waals surface area contributed by atoms with E-state index in [-0.39, 0.29) is 5.56 Å². The SMILES string of the molecule is COCCn1c(SCc2coc(-c3ccc(OC)cc3)n2)nc2cc(Cl)ccc2c1=O. The number of hydrogen-bond donors (Lipinski definition) is 0. The Hall–Kier alpha value is -2.81. The number of fused-ring (bicyclic) bond motifs is 1. The average molecular weight is 458 g/mol. The molecule has 2 heterocycles. The number of oxazole rings is 1. The fraction of sp³-hybridized carbons (Fsp3) is 0.227. The minimum absolute atomic E-state index is 0.125. The van der Waals surface area contributed by atoms with Gasteiger partial charge in [-0.05, 0) is 42.5 Å². The van der Waals surface area contributed by atoms with Crippen LogP contribution in [0.25, 0.3) is 22.4 Å².